The molecule has 0 atom stereocenters. The van der Waals surface area contributed by atoms with Crippen LogP contribution in [-0.2, 0) is 20.2 Å². The van der Waals surface area contributed by atoms with Crippen LogP contribution in [0.3, 0.4) is 0 Å². The highest BCUT2D eigenvalue weighted by Crippen LogP contribution is 2.20. The second kappa shape index (κ2) is 7.51. The van der Waals surface area contributed by atoms with Gasteiger partial charge in [0.1, 0.15) is 12.0 Å². The maximum atomic E-state index is 12.5. The first-order valence-electron chi connectivity index (χ1n) is 8.73. The van der Waals surface area contributed by atoms with E-state index in [0.29, 0.717) is 18.2 Å². The van der Waals surface area contributed by atoms with Gasteiger partial charge >= 0.3 is 0 Å². The van der Waals surface area contributed by atoms with Gasteiger partial charge in [0.05, 0.1) is 11.7 Å². The molecule has 8 heteroatoms. The van der Waals surface area contributed by atoms with Crippen molar-refractivity contribution in [3.8, 4) is 5.75 Å². The van der Waals surface area contributed by atoms with Crippen LogP contribution in [0.1, 0.15) is 21.9 Å². The third kappa shape index (κ3) is 3.85. The van der Waals surface area contributed by atoms with Crippen LogP contribution in [0.2, 0.25) is 0 Å². The highest BCUT2D eigenvalue weighted by Gasteiger charge is 2.17. The maximum Gasteiger partial charge on any atom is 0.275 e. The van der Waals surface area contributed by atoms with Gasteiger partial charge in [0.2, 0.25) is 5.89 Å². The van der Waals surface area contributed by atoms with Crippen LogP contribution in [0, 0.1) is 0 Å². The second-order valence-electron chi connectivity index (χ2n) is 6.46. The minimum Gasteiger partial charge on any atom is -0.484 e. The number of hydrogen-bond acceptors (Lipinski definition) is 6. The van der Waals surface area contributed by atoms with Gasteiger partial charge in [-0.25, -0.2) is 4.98 Å². The van der Waals surface area contributed by atoms with E-state index in [1.54, 1.807) is 29.0 Å². The molecule has 3 aromatic heterocycles. The number of aryl methyl sites for hydroxylation is 1. The molecule has 1 amide bonds. The Morgan fingerprint density at radius 2 is 2.21 bits per heavy atom. The summed E-state index contributed by atoms with van der Waals surface area (Å²) in [6.45, 7) is 0.571. The SMILES string of the molecule is CN(Cc1cnn(C)c1)C(=O)c1coc(COc2ccc3ncccc3c2)n1. The first-order chi connectivity index (χ1) is 13.6. The number of rotatable bonds is 6. The molecule has 4 aromatic rings. The molecule has 142 valence electrons. The number of fused-ring (bicyclic) bond motifs is 1. The van der Waals surface area contributed by atoms with Crippen LogP contribution in [-0.4, -0.2) is 37.6 Å². The molecular formula is C20H19N5O3. The van der Waals surface area contributed by atoms with Gasteiger partial charge in [-0.2, -0.15) is 5.10 Å². The number of oxazole rings is 1. The van der Waals surface area contributed by atoms with Crippen LogP contribution < -0.4 is 4.74 Å². The van der Waals surface area contributed by atoms with E-state index in [1.807, 2.05) is 43.6 Å². The summed E-state index contributed by atoms with van der Waals surface area (Å²) in [6.07, 6.45) is 6.69. The number of aromatic nitrogens is 4. The average molecular weight is 377 g/mol. The van der Waals surface area contributed by atoms with Crippen LogP contribution in [0.4, 0.5) is 0 Å². The molecule has 0 fully saturated rings. The number of carbonyl (C=O) groups is 1. The Morgan fingerprint density at radius 3 is 3.04 bits per heavy atom. The van der Waals surface area contributed by atoms with E-state index in [-0.39, 0.29) is 18.2 Å². The van der Waals surface area contributed by atoms with Crippen LogP contribution in [0.5, 0.6) is 5.75 Å². The average Bonchev–Trinajstić information content (AvgIpc) is 3.34. The van der Waals surface area contributed by atoms with Crippen molar-refractivity contribution in [3.63, 3.8) is 0 Å². The summed E-state index contributed by atoms with van der Waals surface area (Å²) in [5.74, 6) is 0.792. The van der Waals surface area contributed by atoms with E-state index >= 15 is 0 Å². The lowest BCUT2D eigenvalue weighted by Crippen LogP contribution is -2.26. The normalized spacial score (nSPS) is 10.9. The smallest absolute Gasteiger partial charge is 0.275 e. The third-order valence-corrected chi connectivity index (χ3v) is 4.23. The molecule has 28 heavy (non-hydrogen) atoms. The molecule has 0 saturated carbocycles. The van der Waals surface area contributed by atoms with Crippen LogP contribution in [0.25, 0.3) is 10.9 Å². The second-order valence-corrected chi connectivity index (χ2v) is 6.46. The number of ether oxygens (including phenoxy) is 1. The molecule has 0 N–H and O–H groups in total. The topological polar surface area (TPSA) is 86.3 Å². The van der Waals surface area contributed by atoms with Crippen molar-refractivity contribution in [2.24, 2.45) is 7.05 Å². The molecule has 0 unspecified atom stereocenters. The Balaban J connectivity index is 1.38. The lowest BCUT2D eigenvalue weighted by atomic mass is 10.2. The van der Waals surface area contributed by atoms with Crippen molar-refractivity contribution in [2.45, 2.75) is 13.2 Å². The minimum atomic E-state index is -0.226. The summed E-state index contributed by atoms with van der Waals surface area (Å²) in [5, 5.41) is 5.09. The fourth-order valence-electron chi connectivity index (χ4n) is 2.86. The molecular weight excluding hydrogens is 358 g/mol. The lowest BCUT2D eigenvalue weighted by Gasteiger charge is -2.14. The predicted molar refractivity (Wildman–Crippen MR) is 102 cm³/mol. The predicted octanol–water partition coefficient (Wildman–Crippen LogP) is 2.81. The summed E-state index contributed by atoms with van der Waals surface area (Å²) < 4.78 is 12.8. The van der Waals surface area contributed by atoms with Gasteiger partial charge in [0, 0.05) is 44.0 Å². The van der Waals surface area contributed by atoms with E-state index in [4.69, 9.17) is 9.15 Å². The summed E-state index contributed by atoms with van der Waals surface area (Å²) in [6, 6.07) is 9.48. The fraction of sp³-hybridized carbons (Fsp3) is 0.200. The summed E-state index contributed by atoms with van der Waals surface area (Å²) in [4.78, 5) is 22.6. The highest BCUT2D eigenvalue weighted by atomic mass is 16.5. The van der Waals surface area contributed by atoms with Crippen molar-refractivity contribution in [1.82, 2.24) is 24.6 Å². The van der Waals surface area contributed by atoms with E-state index in [9.17, 15) is 4.79 Å². The Bertz CT molecular complexity index is 1120. The number of carbonyl (C=O) groups excluding carboxylic acids is 1. The molecule has 1 aromatic carbocycles. The van der Waals surface area contributed by atoms with E-state index in [1.165, 1.54) is 6.26 Å². The quantitative estimate of drug-likeness (QED) is 0.514. The minimum absolute atomic E-state index is 0.130. The molecule has 8 nitrogen and oxygen atoms in total. The number of benzene rings is 1. The molecule has 0 aliphatic heterocycles. The number of pyridine rings is 1. The first kappa shape index (κ1) is 17.7. The standard InChI is InChI=1S/C20H19N5O3/c1-24(10-14-9-22-25(2)11-14)20(26)18-12-28-19(23-18)13-27-16-5-6-17-15(8-16)4-3-7-21-17/h3-9,11-12H,10,13H2,1-2H3. The molecule has 4 rings (SSSR count). The molecule has 0 aliphatic carbocycles. The van der Waals surface area contributed by atoms with Gasteiger partial charge in [-0.15, -0.1) is 0 Å². The molecule has 0 bridgehead atoms. The summed E-state index contributed by atoms with van der Waals surface area (Å²) >= 11 is 0. The third-order valence-electron chi connectivity index (χ3n) is 4.23. The molecule has 0 aliphatic rings. The van der Waals surface area contributed by atoms with Crippen molar-refractivity contribution in [1.29, 1.82) is 0 Å². The molecule has 3 heterocycles. The van der Waals surface area contributed by atoms with Crippen molar-refractivity contribution in [2.75, 3.05) is 7.05 Å². The van der Waals surface area contributed by atoms with Crippen molar-refractivity contribution < 1.29 is 13.9 Å². The maximum absolute atomic E-state index is 12.5. The largest absolute Gasteiger partial charge is 0.484 e. The number of nitrogens with zero attached hydrogens (tertiary/aromatic N) is 5. The zero-order chi connectivity index (χ0) is 19.5. The van der Waals surface area contributed by atoms with Gasteiger partial charge in [0.15, 0.2) is 12.3 Å². The van der Waals surface area contributed by atoms with Gasteiger partial charge in [-0.05, 0) is 24.3 Å². The Kier molecular flexibility index (Phi) is 4.76. The molecule has 0 spiro atoms. The zero-order valence-corrected chi connectivity index (χ0v) is 15.6. The fourth-order valence-corrected chi connectivity index (χ4v) is 2.86. The highest BCUT2D eigenvalue weighted by molar-refractivity contribution is 5.91. The van der Waals surface area contributed by atoms with Crippen LogP contribution >= 0.6 is 0 Å². The van der Waals surface area contributed by atoms with Gasteiger partial charge in [0.25, 0.3) is 5.91 Å². The van der Waals surface area contributed by atoms with Crippen molar-refractivity contribution in [3.05, 3.63) is 72.3 Å². The summed E-state index contributed by atoms with van der Waals surface area (Å²) in [7, 11) is 3.55. The van der Waals surface area contributed by atoms with Crippen molar-refractivity contribution >= 4 is 16.8 Å². The monoisotopic (exact) mass is 377 g/mol. The molecule has 0 saturated heterocycles. The van der Waals surface area contributed by atoms with E-state index in [2.05, 4.69) is 15.1 Å². The van der Waals surface area contributed by atoms with Gasteiger partial charge in [-0.3, -0.25) is 14.5 Å². The first-order valence-corrected chi connectivity index (χ1v) is 8.73. The Morgan fingerprint density at radius 1 is 1.32 bits per heavy atom. The molecule has 0 radical (unpaired) electrons. The lowest BCUT2D eigenvalue weighted by molar-refractivity contribution is 0.0779. The van der Waals surface area contributed by atoms with Gasteiger partial charge < -0.3 is 14.1 Å². The Labute approximate surface area is 161 Å². The zero-order valence-electron chi connectivity index (χ0n) is 15.6. The number of hydrogen-bond donors (Lipinski definition) is 0. The Hall–Kier alpha value is -3.68. The van der Waals surface area contributed by atoms with Crippen LogP contribution in [0.15, 0.2) is 59.6 Å². The van der Waals surface area contributed by atoms with Gasteiger partial charge in [-0.1, -0.05) is 6.07 Å². The number of amides is 1. The van der Waals surface area contributed by atoms with E-state index < -0.39 is 0 Å². The van der Waals surface area contributed by atoms with E-state index in [0.717, 1.165) is 16.5 Å². The summed E-state index contributed by atoms with van der Waals surface area (Å²) in [5.41, 5.74) is 2.08.